The number of anilines is 1. The predicted octanol–water partition coefficient (Wildman–Crippen LogP) is 3.93. The highest BCUT2D eigenvalue weighted by Crippen LogP contribution is 2.38. The average Bonchev–Trinajstić information content (AvgIpc) is 2.74. The molecule has 0 radical (unpaired) electrons. The van der Waals surface area contributed by atoms with Crippen molar-refractivity contribution in [1.29, 1.82) is 0 Å². The first kappa shape index (κ1) is 22.7. The summed E-state index contributed by atoms with van der Waals surface area (Å²) < 4.78 is 0. The summed E-state index contributed by atoms with van der Waals surface area (Å²) in [4.78, 5) is 33.9. The van der Waals surface area contributed by atoms with Crippen molar-refractivity contribution in [3.63, 3.8) is 0 Å². The Hall–Kier alpha value is -4.61. The Bertz CT molecular complexity index is 1070. The molecule has 0 unspecified atom stereocenters. The summed E-state index contributed by atoms with van der Waals surface area (Å²) in [6, 6.07) is 13.4. The summed E-state index contributed by atoms with van der Waals surface area (Å²) in [6.07, 6.45) is 3.63. The van der Waals surface area contributed by atoms with Gasteiger partial charge in [-0.15, -0.1) is 0 Å². The van der Waals surface area contributed by atoms with Crippen LogP contribution in [0.15, 0.2) is 60.9 Å². The normalized spacial score (nSPS) is 9.87. The van der Waals surface area contributed by atoms with E-state index in [1.165, 1.54) is 16.8 Å². The summed E-state index contributed by atoms with van der Waals surface area (Å²) in [5.41, 5.74) is 0.643. The molecule has 0 saturated heterocycles. The average molecular weight is 427 g/mol. The number of phenolic OH excluding ortho intramolecular Hbond substituents is 1. The van der Waals surface area contributed by atoms with E-state index < -0.39 is 37.6 Å². The number of phenols is 1. The molecule has 0 spiro atoms. The fourth-order valence-electron chi connectivity index (χ4n) is 2.47. The lowest BCUT2D eigenvalue weighted by molar-refractivity contribution is -0.404. The fourth-order valence-corrected chi connectivity index (χ4v) is 2.47. The second-order valence-corrected chi connectivity index (χ2v) is 6.28. The Balaban J connectivity index is 0.000000220. The van der Waals surface area contributed by atoms with E-state index in [-0.39, 0.29) is 0 Å². The highest BCUT2D eigenvalue weighted by atomic mass is 16.6. The van der Waals surface area contributed by atoms with Gasteiger partial charge in [-0.25, -0.2) is 0 Å². The lowest BCUT2D eigenvalue weighted by Gasteiger charge is -2.12. The standard InChI is InChI=1S/C13H14N2.C6H3N3O7/c1-15(2)13-5-3-11(4-6-13)12-7-9-14-10-8-12;10-6-4(8(13)14)1-3(7(11)12)2-5(6)9(15)16/h3-10H,1-2H3;1-2,10H. The van der Waals surface area contributed by atoms with Crippen LogP contribution in [0.4, 0.5) is 22.7 Å². The van der Waals surface area contributed by atoms with E-state index in [4.69, 9.17) is 5.11 Å². The molecule has 12 heteroatoms. The minimum Gasteiger partial charge on any atom is -0.497 e. The Labute approximate surface area is 175 Å². The number of rotatable bonds is 5. The Morgan fingerprint density at radius 3 is 1.61 bits per heavy atom. The molecule has 0 amide bonds. The van der Waals surface area contributed by atoms with Gasteiger partial charge in [0.05, 0.1) is 26.9 Å². The Kier molecular flexibility index (Phi) is 7.12. The van der Waals surface area contributed by atoms with Crippen LogP contribution in [-0.4, -0.2) is 39.0 Å². The van der Waals surface area contributed by atoms with Crippen LogP contribution in [0, 0.1) is 30.3 Å². The Morgan fingerprint density at radius 1 is 0.774 bits per heavy atom. The first-order valence-corrected chi connectivity index (χ1v) is 8.59. The smallest absolute Gasteiger partial charge is 0.324 e. The van der Waals surface area contributed by atoms with Gasteiger partial charge in [0.15, 0.2) is 0 Å². The molecule has 0 aliphatic rings. The number of aromatic nitrogens is 1. The molecule has 0 aliphatic carbocycles. The van der Waals surface area contributed by atoms with E-state index in [9.17, 15) is 30.3 Å². The number of benzene rings is 2. The molecular weight excluding hydrogens is 410 g/mol. The van der Waals surface area contributed by atoms with Gasteiger partial charge >= 0.3 is 11.4 Å². The second kappa shape index (κ2) is 9.73. The van der Waals surface area contributed by atoms with Crippen molar-refractivity contribution in [2.75, 3.05) is 19.0 Å². The number of nitrogens with zero attached hydrogens (tertiary/aromatic N) is 5. The molecule has 1 heterocycles. The zero-order valence-electron chi connectivity index (χ0n) is 16.4. The molecule has 1 N–H and O–H groups in total. The van der Waals surface area contributed by atoms with Gasteiger partial charge in [0, 0.05) is 32.2 Å². The highest BCUT2D eigenvalue weighted by molar-refractivity contribution is 5.66. The number of hydrogen-bond donors (Lipinski definition) is 1. The van der Waals surface area contributed by atoms with Crippen molar-refractivity contribution in [3.05, 3.63) is 91.3 Å². The van der Waals surface area contributed by atoms with Crippen molar-refractivity contribution in [3.8, 4) is 16.9 Å². The van der Waals surface area contributed by atoms with Gasteiger partial charge in [0.2, 0.25) is 0 Å². The van der Waals surface area contributed by atoms with E-state index in [1.807, 2.05) is 38.6 Å². The maximum Gasteiger partial charge on any atom is 0.324 e. The molecule has 12 nitrogen and oxygen atoms in total. The number of nitro groups is 3. The van der Waals surface area contributed by atoms with Gasteiger partial charge in [0.1, 0.15) is 0 Å². The summed E-state index contributed by atoms with van der Waals surface area (Å²) in [5.74, 6) is -1.21. The monoisotopic (exact) mass is 427 g/mol. The zero-order valence-corrected chi connectivity index (χ0v) is 16.4. The lowest BCUT2D eigenvalue weighted by atomic mass is 10.1. The molecule has 0 atom stereocenters. The molecule has 3 rings (SSSR count). The van der Waals surface area contributed by atoms with Gasteiger partial charge in [-0.3, -0.25) is 35.3 Å². The minimum atomic E-state index is -1.21. The molecule has 1 aromatic heterocycles. The third-order valence-corrected chi connectivity index (χ3v) is 4.06. The van der Waals surface area contributed by atoms with E-state index in [2.05, 4.69) is 34.1 Å². The zero-order chi connectivity index (χ0) is 23.1. The van der Waals surface area contributed by atoms with Gasteiger partial charge in [-0.2, -0.15) is 0 Å². The first-order chi connectivity index (χ1) is 14.6. The quantitative estimate of drug-likeness (QED) is 0.468. The van der Waals surface area contributed by atoms with Crippen LogP contribution in [0.25, 0.3) is 11.1 Å². The van der Waals surface area contributed by atoms with E-state index in [0.29, 0.717) is 12.1 Å². The summed E-state index contributed by atoms with van der Waals surface area (Å²) in [5, 5.41) is 40.2. The summed E-state index contributed by atoms with van der Waals surface area (Å²) >= 11 is 0. The van der Waals surface area contributed by atoms with Gasteiger partial charge < -0.3 is 10.0 Å². The maximum absolute atomic E-state index is 10.4. The molecule has 0 fully saturated rings. The fraction of sp³-hybridized carbons (Fsp3) is 0.105. The van der Waals surface area contributed by atoms with Crippen LogP contribution in [0.3, 0.4) is 0 Å². The lowest BCUT2D eigenvalue weighted by Crippen LogP contribution is -2.07. The first-order valence-electron chi connectivity index (χ1n) is 8.59. The minimum absolute atomic E-state index is 0.447. The molecule has 0 bridgehead atoms. The highest BCUT2D eigenvalue weighted by Gasteiger charge is 2.30. The van der Waals surface area contributed by atoms with Crippen LogP contribution in [0.2, 0.25) is 0 Å². The second-order valence-electron chi connectivity index (χ2n) is 6.28. The molecule has 2 aromatic carbocycles. The maximum atomic E-state index is 10.4. The number of hydrogen-bond acceptors (Lipinski definition) is 9. The SMILES string of the molecule is CN(C)c1ccc(-c2ccncc2)cc1.O=[N+]([O-])c1cc([N+](=O)[O-])c(O)c([N+](=O)[O-])c1. The molecule has 3 aromatic rings. The molecule has 31 heavy (non-hydrogen) atoms. The Morgan fingerprint density at radius 2 is 1.23 bits per heavy atom. The molecule has 160 valence electrons. The molecule has 0 aliphatic heterocycles. The van der Waals surface area contributed by atoms with Crippen LogP contribution in [-0.2, 0) is 0 Å². The summed E-state index contributed by atoms with van der Waals surface area (Å²) in [6.45, 7) is 0. The summed E-state index contributed by atoms with van der Waals surface area (Å²) in [7, 11) is 4.09. The topological polar surface area (TPSA) is 166 Å². The van der Waals surface area contributed by atoms with Gasteiger partial charge in [-0.05, 0) is 35.4 Å². The van der Waals surface area contributed by atoms with E-state index in [1.54, 1.807) is 0 Å². The van der Waals surface area contributed by atoms with Crippen LogP contribution in [0.1, 0.15) is 0 Å². The van der Waals surface area contributed by atoms with Crippen molar-refractivity contribution in [2.45, 2.75) is 0 Å². The molecule has 0 saturated carbocycles. The van der Waals surface area contributed by atoms with E-state index in [0.717, 1.165) is 0 Å². The van der Waals surface area contributed by atoms with Crippen LogP contribution in [0.5, 0.6) is 5.75 Å². The van der Waals surface area contributed by atoms with E-state index >= 15 is 0 Å². The number of non-ortho nitro benzene ring substituents is 1. The number of pyridine rings is 1. The largest absolute Gasteiger partial charge is 0.497 e. The van der Waals surface area contributed by atoms with Crippen molar-refractivity contribution < 1.29 is 19.9 Å². The third-order valence-electron chi connectivity index (χ3n) is 4.06. The van der Waals surface area contributed by atoms with Crippen molar-refractivity contribution >= 4 is 22.7 Å². The van der Waals surface area contributed by atoms with Crippen LogP contribution >= 0.6 is 0 Å². The van der Waals surface area contributed by atoms with Crippen LogP contribution < -0.4 is 4.90 Å². The van der Waals surface area contributed by atoms with Gasteiger partial charge in [-0.1, -0.05) is 12.1 Å². The number of nitro benzene ring substituents is 3. The van der Waals surface area contributed by atoms with Crippen molar-refractivity contribution in [2.24, 2.45) is 0 Å². The third kappa shape index (κ3) is 5.69. The van der Waals surface area contributed by atoms with Crippen molar-refractivity contribution in [1.82, 2.24) is 4.98 Å². The van der Waals surface area contributed by atoms with Gasteiger partial charge in [0.25, 0.3) is 11.4 Å². The molecular formula is C19H17N5O7. The predicted molar refractivity (Wildman–Crippen MR) is 112 cm³/mol. The number of aromatic hydroxyl groups is 1.